The van der Waals surface area contributed by atoms with E-state index < -0.39 is 18.5 Å². The van der Waals surface area contributed by atoms with Crippen LogP contribution in [0.25, 0.3) is 0 Å². The molecule has 1 nitrogen and oxygen atoms in total. The van der Waals surface area contributed by atoms with E-state index in [9.17, 15) is 18.0 Å². The first-order valence-corrected chi connectivity index (χ1v) is 8.13. The van der Waals surface area contributed by atoms with E-state index in [1.165, 1.54) is 0 Å². The van der Waals surface area contributed by atoms with Gasteiger partial charge in [-0.25, -0.2) is 0 Å². The minimum atomic E-state index is -4.32. The van der Waals surface area contributed by atoms with Crippen LogP contribution < -0.4 is 0 Å². The van der Waals surface area contributed by atoms with Gasteiger partial charge in [0.1, 0.15) is 0 Å². The largest absolute Gasteiger partial charge is 0.390 e. The summed E-state index contributed by atoms with van der Waals surface area (Å²) in [6, 6.07) is 15.1. The Balaban J connectivity index is 2.06. The van der Waals surface area contributed by atoms with Gasteiger partial charge in [-0.2, -0.15) is 13.2 Å². The molecule has 0 aromatic heterocycles. The molecule has 2 aromatic carbocycles. The predicted octanol–water partition coefficient (Wildman–Crippen LogP) is 5.92. The molecule has 0 saturated heterocycles. The Hall–Kier alpha value is -2.25. The molecule has 1 atom stereocenters. The molecule has 0 radical (unpaired) electrons. The topological polar surface area (TPSA) is 17.1 Å². The van der Waals surface area contributed by atoms with Crippen LogP contribution in [0.5, 0.6) is 0 Å². The van der Waals surface area contributed by atoms with Crippen molar-refractivity contribution in [1.82, 2.24) is 0 Å². The lowest BCUT2D eigenvalue weighted by atomic mass is 9.95. The van der Waals surface area contributed by atoms with Gasteiger partial charge in [0.25, 0.3) is 0 Å². The minimum Gasteiger partial charge on any atom is -0.294 e. The second kappa shape index (κ2) is 8.73. The summed E-state index contributed by atoms with van der Waals surface area (Å²) in [7, 11) is 0. The van der Waals surface area contributed by atoms with Crippen molar-refractivity contribution < 1.29 is 18.0 Å². The van der Waals surface area contributed by atoms with Crippen molar-refractivity contribution in [2.24, 2.45) is 5.92 Å². The highest BCUT2D eigenvalue weighted by Crippen LogP contribution is 2.27. The maximum Gasteiger partial charge on any atom is 0.390 e. The molecular weight excluding hydrogens is 349 g/mol. The molecule has 2 aromatic rings. The van der Waals surface area contributed by atoms with Crippen LogP contribution in [0.1, 0.15) is 35.2 Å². The Labute approximate surface area is 149 Å². The average molecular weight is 365 g/mol. The summed E-state index contributed by atoms with van der Waals surface area (Å²) in [4.78, 5) is 12.1. The summed E-state index contributed by atoms with van der Waals surface area (Å²) in [5.41, 5.74) is 1.09. The van der Waals surface area contributed by atoms with E-state index in [2.05, 4.69) is 11.8 Å². The number of hydrogen-bond acceptors (Lipinski definition) is 1. The van der Waals surface area contributed by atoms with Gasteiger partial charge in [0, 0.05) is 28.5 Å². The first-order chi connectivity index (χ1) is 11.8. The van der Waals surface area contributed by atoms with Crippen LogP contribution in [0, 0.1) is 17.8 Å². The minimum absolute atomic E-state index is 0.0278. The zero-order chi connectivity index (χ0) is 18.3. The molecule has 130 valence electrons. The molecule has 0 saturated carbocycles. The van der Waals surface area contributed by atoms with Crippen LogP contribution in [0.4, 0.5) is 13.2 Å². The molecule has 0 aliphatic carbocycles. The standard InChI is InChI=1S/C20H16ClF3O/c21-18-11-8-15(9-12-18)6-7-16(14-20(22,23)24)10-13-19(25)17-4-2-1-3-5-17/h1-5,8-9,11-12,16H,10,13-14H2. The van der Waals surface area contributed by atoms with Crippen LogP contribution in [0.2, 0.25) is 5.02 Å². The molecule has 0 heterocycles. The maximum absolute atomic E-state index is 12.8. The lowest BCUT2D eigenvalue weighted by molar-refractivity contribution is -0.140. The molecule has 1 unspecified atom stereocenters. The molecule has 0 bridgehead atoms. The first-order valence-electron chi connectivity index (χ1n) is 7.75. The number of carbonyl (C=O) groups is 1. The third-order valence-corrected chi connectivity index (χ3v) is 3.81. The van der Waals surface area contributed by atoms with Gasteiger partial charge in [0.05, 0.1) is 6.42 Å². The number of benzene rings is 2. The van der Waals surface area contributed by atoms with Crippen molar-refractivity contribution >= 4 is 17.4 Å². The average Bonchev–Trinajstić information content (AvgIpc) is 2.58. The fourth-order valence-corrected chi connectivity index (χ4v) is 2.42. The van der Waals surface area contributed by atoms with Gasteiger partial charge >= 0.3 is 6.18 Å². The quantitative estimate of drug-likeness (QED) is 0.475. The number of ketones is 1. The summed E-state index contributed by atoms with van der Waals surface area (Å²) in [6.45, 7) is 0. The highest BCUT2D eigenvalue weighted by molar-refractivity contribution is 6.30. The van der Waals surface area contributed by atoms with Crippen molar-refractivity contribution in [2.75, 3.05) is 0 Å². The van der Waals surface area contributed by atoms with Crippen molar-refractivity contribution in [1.29, 1.82) is 0 Å². The Morgan fingerprint density at radius 3 is 2.28 bits per heavy atom. The highest BCUT2D eigenvalue weighted by Gasteiger charge is 2.31. The number of alkyl halides is 3. The van der Waals surface area contributed by atoms with Crippen LogP contribution in [-0.2, 0) is 0 Å². The molecule has 0 aliphatic rings. The molecule has 25 heavy (non-hydrogen) atoms. The first kappa shape index (κ1) is 19.1. The maximum atomic E-state index is 12.8. The van der Waals surface area contributed by atoms with Crippen LogP contribution in [-0.4, -0.2) is 12.0 Å². The Morgan fingerprint density at radius 1 is 1.04 bits per heavy atom. The Bertz CT molecular complexity index is 756. The molecular formula is C20H16ClF3O. The van der Waals surface area contributed by atoms with Crippen molar-refractivity contribution in [3.05, 3.63) is 70.7 Å². The molecule has 0 N–H and O–H groups in total. The van der Waals surface area contributed by atoms with E-state index >= 15 is 0 Å². The monoisotopic (exact) mass is 364 g/mol. The van der Waals surface area contributed by atoms with Gasteiger partial charge < -0.3 is 0 Å². The fraction of sp³-hybridized carbons (Fsp3) is 0.250. The molecule has 0 aliphatic heterocycles. The highest BCUT2D eigenvalue weighted by atomic mass is 35.5. The fourth-order valence-electron chi connectivity index (χ4n) is 2.30. The van der Waals surface area contributed by atoms with Gasteiger partial charge in [-0.05, 0) is 30.7 Å². The SMILES string of the molecule is O=C(CCC(C#Cc1ccc(Cl)cc1)CC(F)(F)F)c1ccccc1. The normalized spacial score (nSPS) is 12.2. The van der Waals surface area contributed by atoms with E-state index in [-0.39, 0.29) is 18.6 Å². The van der Waals surface area contributed by atoms with Gasteiger partial charge in [0.2, 0.25) is 0 Å². The number of carbonyl (C=O) groups excluding carboxylic acids is 1. The lowest BCUT2D eigenvalue weighted by Gasteiger charge is -2.13. The lowest BCUT2D eigenvalue weighted by Crippen LogP contribution is -2.15. The zero-order valence-electron chi connectivity index (χ0n) is 13.3. The molecule has 0 fully saturated rings. The van der Waals surface area contributed by atoms with Crippen molar-refractivity contribution in [3.8, 4) is 11.8 Å². The van der Waals surface area contributed by atoms with E-state index in [0.717, 1.165) is 0 Å². The molecule has 2 rings (SSSR count). The summed E-state index contributed by atoms with van der Waals surface area (Å²) < 4.78 is 38.3. The smallest absolute Gasteiger partial charge is 0.294 e. The van der Waals surface area contributed by atoms with Crippen LogP contribution in [0.15, 0.2) is 54.6 Å². The number of hydrogen-bond donors (Lipinski definition) is 0. The van der Waals surface area contributed by atoms with Gasteiger partial charge in [-0.3, -0.25) is 4.79 Å². The second-order valence-corrected chi connectivity index (χ2v) is 6.06. The second-order valence-electron chi connectivity index (χ2n) is 5.62. The van der Waals surface area contributed by atoms with Crippen LogP contribution in [0.3, 0.4) is 0 Å². The summed E-state index contributed by atoms with van der Waals surface area (Å²) in [6.07, 6.45) is -5.27. The number of rotatable bonds is 5. The van der Waals surface area contributed by atoms with Gasteiger partial charge in [0.15, 0.2) is 5.78 Å². The number of Topliss-reactive ketones (excluding diaryl/α,β-unsaturated/α-hetero) is 1. The van der Waals surface area contributed by atoms with Crippen molar-refractivity contribution in [3.63, 3.8) is 0 Å². The van der Waals surface area contributed by atoms with Gasteiger partial charge in [-0.15, -0.1) is 0 Å². The van der Waals surface area contributed by atoms with Crippen LogP contribution >= 0.6 is 11.6 Å². The predicted molar refractivity (Wildman–Crippen MR) is 92.5 cm³/mol. The van der Waals surface area contributed by atoms with Crippen molar-refractivity contribution in [2.45, 2.75) is 25.4 Å². The molecule has 5 heteroatoms. The van der Waals surface area contributed by atoms with E-state index in [0.29, 0.717) is 16.1 Å². The summed E-state index contributed by atoms with van der Waals surface area (Å²) >= 11 is 5.77. The third-order valence-electron chi connectivity index (χ3n) is 3.56. The Morgan fingerprint density at radius 2 is 1.68 bits per heavy atom. The summed E-state index contributed by atoms with van der Waals surface area (Å²) in [5, 5.41) is 0.533. The zero-order valence-corrected chi connectivity index (χ0v) is 14.1. The summed E-state index contributed by atoms with van der Waals surface area (Å²) in [5.74, 6) is 4.28. The number of halogens is 4. The molecule has 0 spiro atoms. The Kier molecular flexibility index (Phi) is 6.66. The third kappa shape index (κ3) is 7.03. The molecule has 0 amide bonds. The van der Waals surface area contributed by atoms with Gasteiger partial charge in [-0.1, -0.05) is 53.8 Å². The van der Waals surface area contributed by atoms with E-state index in [1.54, 1.807) is 54.6 Å². The van der Waals surface area contributed by atoms with E-state index in [1.807, 2.05) is 0 Å². The van der Waals surface area contributed by atoms with E-state index in [4.69, 9.17) is 11.6 Å².